The lowest BCUT2D eigenvalue weighted by Crippen LogP contribution is -2.50. The SMILES string of the molecule is O=C1N([C@H]2CC[C@@H](O)CC2)CC[C@]12CCCN(c1ncc(-c3ccccc3)cc1Cl)C2. The van der Waals surface area contributed by atoms with Gasteiger partial charge in [0.2, 0.25) is 5.91 Å². The van der Waals surface area contributed by atoms with Crippen LogP contribution in [0.4, 0.5) is 5.82 Å². The van der Waals surface area contributed by atoms with Gasteiger partial charge < -0.3 is 14.9 Å². The number of carbonyl (C=O) groups excluding carboxylic acids is 1. The number of benzene rings is 1. The summed E-state index contributed by atoms with van der Waals surface area (Å²) < 4.78 is 0. The van der Waals surface area contributed by atoms with E-state index in [2.05, 4.69) is 21.9 Å². The fourth-order valence-corrected chi connectivity index (χ4v) is 5.99. The molecule has 31 heavy (non-hydrogen) atoms. The summed E-state index contributed by atoms with van der Waals surface area (Å²) in [6.45, 7) is 2.40. The molecule has 5 rings (SSSR count). The molecule has 1 aromatic carbocycles. The molecule has 3 aliphatic rings. The number of halogens is 1. The van der Waals surface area contributed by atoms with Crippen molar-refractivity contribution in [1.29, 1.82) is 0 Å². The molecule has 2 aromatic rings. The smallest absolute Gasteiger partial charge is 0.230 e. The monoisotopic (exact) mass is 439 g/mol. The molecular formula is C25H30ClN3O2. The zero-order valence-corrected chi connectivity index (χ0v) is 18.6. The highest BCUT2D eigenvalue weighted by atomic mass is 35.5. The van der Waals surface area contributed by atoms with Crippen molar-refractivity contribution in [2.75, 3.05) is 24.5 Å². The second kappa shape index (κ2) is 8.44. The van der Waals surface area contributed by atoms with Crippen molar-refractivity contribution < 1.29 is 9.90 Å². The molecule has 3 heterocycles. The Kier molecular flexibility index (Phi) is 5.65. The maximum atomic E-state index is 13.5. The normalized spacial score (nSPS) is 29.0. The van der Waals surface area contributed by atoms with Gasteiger partial charge in [0.05, 0.1) is 16.5 Å². The fourth-order valence-electron chi connectivity index (χ4n) is 5.71. The van der Waals surface area contributed by atoms with Gasteiger partial charge in [0.1, 0.15) is 5.82 Å². The Bertz CT molecular complexity index is 945. The molecule has 164 valence electrons. The number of hydrogen-bond donors (Lipinski definition) is 1. The Morgan fingerprint density at radius 1 is 1.03 bits per heavy atom. The van der Waals surface area contributed by atoms with E-state index in [1.807, 2.05) is 30.5 Å². The minimum Gasteiger partial charge on any atom is -0.393 e. The van der Waals surface area contributed by atoms with Crippen LogP contribution >= 0.6 is 11.6 Å². The van der Waals surface area contributed by atoms with Gasteiger partial charge in [-0.25, -0.2) is 4.98 Å². The average Bonchev–Trinajstić information content (AvgIpc) is 3.10. The molecule has 1 amide bonds. The summed E-state index contributed by atoms with van der Waals surface area (Å²) >= 11 is 6.69. The van der Waals surface area contributed by atoms with Crippen molar-refractivity contribution in [2.24, 2.45) is 5.41 Å². The van der Waals surface area contributed by atoms with Crippen LogP contribution in [0.2, 0.25) is 5.02 Å². The van der Waals surface area contributed by atoms with E-state index in [-0.39, 0.29) is 17.6 Å². The Morgan fingerprint density at radius 2 is 1.81 bits per heavy atom. The number of aromatic nitrogens is 1. The van der Waals surface area contributed by atoms with Gasteiger partial charge in [0.15, 0.2) is 0 Å². The zero-order chi connectivity index (χ0) is 21.4. The highest BCUT2D eigenvalue weighted by Crippen LogP contribution is 2.44. The molecule has 5 nitrogen and oxygen atoms in total. The van der Waals surface area contributed by atoms with Gasteiger partial charge >= 0.3 is 0 Å². The third kappa shape index (κ3) is 3.94. The summed E-state index contributed by atoms with van der Waals surface area (Å²) in [5.74, 6) is 1.09. The number of anilines is 1. The fraction of sp³-hybridized carbons (Fsp3) is 0.520. The van der Waals surface area contributed by atoms with Gasteiger partial charge in [-0.1, -0.05) is 41.9 Å². The number of carbonyl (C=O) groups is 1. The average molecular weight is 440 g/mol. The van der Waals surface area contributed by atoms with Crippen LogP contribution in [0.15, 0.2) is 42.6 Å². The Morgan fingerprint density at radius 3 is 2.55 bits per heavy atom. The number of nitrogens with zero attached hydrogens (tertiary/aromatic N) is 3. The largest absolute Gasteiger partial charge is 0.393 e. The maximum absolute atomic E-state index is 13.5. The molecule has 1 saturated carbocycles. The van der Waals surface area contributed by atoms with Crippen LogP contribution in [-0.2, 0) is 4.79 Å². The molecule has 6 heteroatoms. The minimum absolute atomic E-state index is 0.194. The van der Waals surface area contributed by atoms with Crippen LogP contribution in [0.25, 0.3) is 11.1 Å². The Labute approximate surface area is 189 Å². The van der Waals surface area contributed by atoms with Crippen LogP contribution in [-0.4, -0.2) is 52.7 Å². The molecule has 1 N–H and O–H groups in total. The van der Waals surface area contributed by atoms with Crippen LogP contribution in [0.3, 0.4) is 0 Å². The first-order valence-corrected chi connectivity index (χ1v) is 11.9. The highest BCUT2D eigenvalue weighted by molar-refractivity contribution is 6.33. The molecule has 2 saturated heterocycles. The van der Waals surface area contributed by atoms with Gasteiger partial charge in [0.25, 0.3) is 0 Å². The number of likely N-dealkylation sites (tertiary alicyclic amines) is 1. The number of hydrogen-bond acceptors (Lipinski definition) is 4. The summed E-state index contributed by atoms with van der Waals surface area (Å²) in [5, 5.41) is 10.5. The predicted molar refractivity (Wildman–Crippen MR) is 123 cm³/mol. The second-order valence-electron chi connectivity index (χ2n) is 9.41. The van der Waals surface area contributed by atoms with Crippen molar-refractivity contribution in [3.05, 3.63) is 47.6 Å². The van der Waals surface area contributed by atoms with Crippen LogP contribution in [0, 0.1) is 5.41 Å². The quantitative estimate of drug-likeness (QED) is 0.763. The molecule has 0 bridgehead atoms. The van der Waals surface area contributed by atoms with E-state index in [4.69, 9.17) is 16.6 Å². The van der Waals surface area contributed by atoms with Crippen molar-refractivity contribution in [3.8, 4) is 11.1 Å². The third-order valence-electron chi connectivity index (χ3n) is 7.46. The van der Waals surface area contributed by atoms with Gasteiger partial charge in [-0.05, 0) is 56.6 Å². The van der Waals surface area contributed by atoms with Gasteiger partial charge in [-0.3, -0.25) is 4.79 Å². The molecule has 3 fully saturated rings. The molecule has 1 aromatic heterocycles. The van der Waals surface area contributed by atoms with Crippen molar-refractivity contribution >= 4 is 23.3 Å². The lowest BCUT2D eigenvalue weighted by atomic mass is 9.78. The van der Waals surface area contributed by atoms with E-state index >= 15 is 0 Å². The van der Waals surface area contributed by atoms with Crippen molar-refractivity contribution in [3.63, 3.8) is 0 Å². The van der Waals surface area contributed by atoms with E-state index in [1.54, 1.807) is 0 Å². The van der Waals surface area contributed by atoms with Gasteiger partial charge in [0, 0.05) is 37.4 Å². The van der Waals surface area contributed by atoms with Crippen LogP contribution < -0.4 is 4.90 Å². The minimum atomic E-state index is -0.322. The summed E-state index contributed by atoms with van der Waals surface area (Å²) in [6, 6.07) is 12.4. The Hall–Kier alpha value is -2.11. The number of amides is 1. The Balaban J connectivity index is 1.33. The number of aliphatic hydroxyl groups excluding tert-OH is 1. The number of rotatable bonds is 3. The van der Waals surface area contributed by atoms with E-state index in [0.29, 0.717) is 17.5 Å². The number of aliphatic hydroxyl groups is 1. The first kappa shape index (κ1) is 20.8. The van der Waals surface area contributed by atoms with Crippen molar-refractivity contribution in [2.45, 2.75) is 57.1 Å². The standard InChI is InChI=1S/C25H30ClN3O2/c26-22-15-19(18-5-2-1-3-6-18)16-27-23(22)28-13-4-11-25(17-28)12-14-29(24(25)31)20-7-9-21(30)10-8-20/h1-3,5-6,15-16,20-21,30H,4,7-14,17H2/t20-,21+,25-/m0/s1. The van der Waals surface area contributed by atoms with Gasteiger partial charge in [-0.15, -0.1) is 0 Å². The summed E-state index contributed by atoms with van der Waals surface area (Å²) in [4.78, 5) is 22.6. The lowest BCUT2D eigenvalue weighted by Gasteiger charge is -2.41. The summed E-state index contributed by atoms with van der Waals surface area (Å²) in [5.41, 5.74) is 1.78. The summed E-state index contributed by atoms with van der Waals surface area (Å²) in [6.07, 6.45) is 7.95. The van der Waals surface area contributed by atoms with E-state index in [9.17, 15) is 9.90 Å². The first-order valence-electron chi connectivity index (χ1n) is 11.5. The zero-order valence-electron chi connectivity index (χ0n) is 17.8. The topological polar surface area (TPSA) is 56.7 Å². The molecular weight excluding hydrogens is 410 g/mol. The molecule has 0 radical (unpaired) electrons. The third-order valence-corrected chi connectivity index (χ3v) is 7.74. The van der Waals surface area contributed by atoms with E-state index < -0.39 is 0 Å². The highest BCUT2D eigenvalue weighted by Gasteiger charge is 2.51. The molecule has 1 aliphatic carbocycles. The van der Waals surface area contributed by atoms with Crippen molar-refractivity contribution in [1.82, 2.24) is 9.88 Å². The second-order valence-corrected chi connectivity index (χ2v) is 9.82. The number of pyridine rings is 1. The number of piperidine rings is 1. The summed E-state index contributed by atoms with van der Waals surface area (Å²) in [7, 11) is 0. The van der Waals surface area contributed by atoms with Crippen LogP contribution in [0.5, 0.6) is 0 Å². The van der Waals surface area contributed by atoms with E-state index in [0.717, 1.165) is 75.0 Å². The molecule has 0 unspecified atom stereocenters. The van der Waals surface area contributed by atoms with Crippen LogP contribution in [0.1, 0.15) is 44.9 Å². The first-order chi connectivity index (χ1) is 15.1. The van der Waals surface area contributed by atoms with E-state index in [1.165, 1.54) is 0 Å². The molecule has 2 aliphatic heterocycles. The van der Waals surface area contributed by atoms with Gasteiger partial charge in [-0.2, -0.15) is 0 Å². The maximum Gasteiger partial charge on any atom is 0.230 e. The predicted octanol–water partition coefficient (Wildman–Crippen LogP) is 4.52. The lowest BCUT2D eigenvalue weighted by molar-refractivity contribution is -0.139. The molecule has 1 atom stereocenters. The molecule has 1 spiro atoms.